The summed E-state index contributed by atoms with van der Waals surface area (Å²) in [5, 5.41) is 0. The van der Waals surface area contributed by atoms with Crippen molar-refractivity contribution in [2.24, 2.45) is 0 Å². The van der Waals surface area contributed by atoms with Crippen LogP contribution in [0.3, 0.4) is 0 Å². The fourth-order valence-electron chi connectivity index (χ4n) is 2.75. The molecule has 146 valence electrons. The van der Waals surface area contributed by atoms with Gasteiger partial charge in [0.15, 0.2) is 0 Å². The number of rotatable bonds is 7. The lowest BCUT2D eigenvalue weighted by Crippen LogP contribution is -2.40. The number of carbonyl (C=O) groups is 1. The monoisotopic (exact) mass is 388 g/mol. The third-order valence-electron chi connectivity index (χ3n) is 3.85. The topological polar surface area (TPSA) is 66.5 Å². The molecule has 6 heteroatoms. The Kier molecular flexibility index (Phi) is 6.78. The second-order valence-electron chi connectivity index (χ2n) is 7.59. The molecule has 0 unspecified atom stereocenters. The molecule has 0 saturated carbocycles. The van der Waals surface area contributed by atoms with Crippen LogP contribution in [0.2, 0.25) is 0 Å². The van der Waals surface area contributed by atoms with Crippen LogP contribution < -0.4 is 4.72 Å². The van der Waals surface area contributed by atoms with Crippen molar-refractivity contribution in [1.82, 2.24) is 9.62 Å². The third kappa shape index (κ3) is 6.19. The summed E-state index contributed by atoms with van der Waals surface area (Å²) >= 11 is 0. The van der Waals surface area contributed by atoms with E-state index in [0.717, 1.165) is 12.0 Å². The molecule has 0 aromatic heterocycles. The van der Waals surface area contributed by atoms with Crippen LogP contribution in [-0.2, 0) is 16.6 Å². The van der Waals surface area contributed by atoms with Crippen molar-refractivity contribution in [2.45, 2.75) is 51.1 Å². The van der Waals surface area contributed by atoms with Gasteiger partial charge in [-0.15, -0.1) is 0 Å². The number of nitrogens with zero attached hydrogens (tertiary/aromatic N) is 1. The zero-order valence-corrected chi connectivity index (χ0v) is 17.2. The molecule has 0 radical (unpaired) electrons. The first-order valence-electron chi connectivity index (χ1n) is 9.09. The van der Waals surface area contributed by atoms with Crippen LogP contribution in [0.25, 0.3) is 0 Å². The van der Waals surface area contributed by atoms with E-state index in [-0.39, 0.29) is 10.8 Å². The number of sulfonamides is 1. The summed E-state index contributed by atoms with van der Waals surface area (Å²) in [6.45, 7) is 8.55. The fraction of sp³-hybridized carbons (Fsp3) is 0.381. The lowest BCUT2D eigenvalue weighted by atomic mass is 10.1. The second kappa shape index (κ2) is 8.67. The molecule has 0 atom stereocenters. The van der Waals surface area contributed by atoms with Gasteiger partial charge in [0.05, 0.1) is 4.90 Å². The molecule has 5 nitrogen and oxygen atoms in total. The Balaban J connectivity index is 2.19. The van der Waals surface area contributed by atoms with Crippen LogP contribution >= 0.6 is 0 Å². The molecule has 2 rings (SSSR count). The lowest BCUT2D eigenvalue weighted by molar-refractivity contribution is 0.0743. The number of hydrogen-bond acceptors (Lipinski definition) is 3. The van der Waals surface area contributed by atoms with E-state index >= 15 is 0 Å². The Labute approximate surface area is 162 Å². The van der Waals surface area contributed by atoms with Gasteiger partial charge >= 0.3 is 0 Å². The molecule has 1 amide bonds. The molecule has 2 aromatic rings. The van der Waals surface area contributed by atoms with Crippen molar-refractivity contribution >= 4 is 15.9 Å². The lowest BCUT2D eigenvalue weighted by Gasteiger charge is -2.23. The van der Waals surface area contributed by atoms with Crippen LogP contribution in [0.5, 0.6) is 0 Å². The molecule has 0 aliphatic carbocycles. The summed E-state index contributed by atoms with van der Waals surface area (Å²) in [6, 6.07) is 15.9. The largest absolute Gasteiger partial charge is 0.334 e. The molecule has 27 heavy (non-hydrogen) atoms. The molecule has 2 aromatic carbocycles. The number of hydrogen-bond donors (Lipinski definition) is 1. The van der Waals surface area contributed by atoms with Gasteiger partial charge in [-0.05, 0) is 57.0 Å². The average molecular weight is 389 g/mol. The van der Waals surface area contributed by atoms with Crippen molar-refractivity contribution in [3.63, 3.8) is 0 Å². The minimum Gasteiger partial charge on any atom is -0.334 e. The first kappa shape index (κ1) is 21.1. The summed E-state index contributed by atoms with van der Waals surface area (Å²) in [5.41, 5.74) is 0.975. The highest BCUT2D eigenvalue weighted by Gasteiger charge is 2.23. The maximum Gasteiger partial charge on any atom is 0.254 e. The van der Waals surface area contributed by atoms with Gasteiger partial charge in [0.2, 0.25) is 10.0 Å². The van der Waals surface area contributed by atoms with Gasteiger partial charge in [-0.3, -0.25) is 4.79 Å². The van der Waals surface area contributed by atoms with E-state index in [0.29, 0.717) is 18.7 Å². The van der Waals surface area contributed by atoms with E-state index in [2.05, 4.69) is 4.72 Å². The molecule has 0 fully saturated rings. The van der Waals surface area contributed by atoms with Crippen molar-refractivity contribution in [1.29, 1.82) is 0 Å². The molecule has 1 N–H and O–H groups in total. The van der Waals surface area contributed by atoms with Crippen LogP contribution in [0.15, 0.2) is 59.5 Å². The summed E-state index contributed by atoms with van der Waals surface area (Å²) in [6.07, 6.45) is 0.848. The van der Waals surface area contributed by atoms with Crippen LogP contribution in [0.1, 0.15) is 50.0 Å². The van der Waals surface area contributed by atoms with Crippen molar-refractivity contribution < 1.29 is 13.2 Å². The second-order valence-corrected chi connectivity index (χ2v) is 9.27. The molecule has 0 heterocycles. The van der Waals surface area contributed by atoms with Gasteiger partial charge in [-0.1, -0.05) is 37.3 Å². The van der Waals surface area contributed by atoms with E-state index in [1.807, 2.05) is 37.3 Å². The van der Waals surface area contributed by atoms with Gasteiger partial charge in [-0.2, -0.15) is 0 Å². The molecule has 0 aliphatic heterocycles. The third-order valence-corrected chi connectivity index (χ3v) is 5.62. The van der Waals surface area contributed by atoms with E-state index in [9.17, 15) is 13.2 Å². The Morgan fingerprint density at radius 3 is 2.11 bits per heavy atom. The number of benzene rings is 2. The summed E-state index contributed by atoms with van der Waals surface area (Å²) in [7, 11) is -3.61. The average Bonchev–Trinajstić information content (AvgIpc) is 2.60. The van der Waals surface area contributed by atoms with Gasteiger partial charge < -0.3 is 4.90 Å². The molecular formula is C21H28N2O3S. The maximum absolute atomic E-state index is 12.9. The zero-order valence-electron chi connectivity index (χ0n) is 16.4. The van der Waals surface area contributed by atoms with Crippen LogP contribution in [0, 0.1) is 0 Å². The first-order valence-corrected chi connectivity index (χ1v) is 10.6. The standard InChI is InChI=1S/C21H28N2O3S/c1-5-15-23(16-17-9-7-6-8-10-17)20(24)18-11-13-19(14-12-18)27(25,26)22-21(2,3)4/h6-14,22H,5,15-16H2,1-4H3. The van der Waals surface area contributed by atoms with Gasteiger partial charge in [-0.25, -0.2) is 13.1 Å². The van der Waals surface area contributed by atoms with E-state index in [1.165, 1.54) is 12.1 Å². The summed E-state index contributed by atoms with van der Waals surface area (Å²) in [4.78, 5) is 14.8. The normalized spacial score (nSPS) is 12.0. The highest BCUT2D eigenvalue weighted by molar-refractivity contribution is 7.89. The summed E-state index contributed by atoms with van der Waals surface area (Å²) < 4.78 is 27.4. The number of nitrogens with one attached hydrogen (secondary N) is 1. The Hall–Kier alpha value is -2.18. The van der Waals surface area contributed by atoms with E-state index < -0.39 is 15.6 Å². The van der Waals surface area contributed by atoms with Gasteiger partial charge in [0, 0.05) is 24.2 Å². The molecule has 0 aliphatic rings. The molecule has 0 spiro atoms. The fourth-order valence-corrected chi connectivity index (χ4v) is 4.17. The number of amides is 1. The van der Waals surface area contributed by atoms with Crippen LogP contribution in [0.4, 0.5) is 0 Å². The summed E-state index contributed by atoms with van der Waals surface area (Å²) in [5.74, 6) is -0.103. The van der Waals surface area contributed by atoms with E-state index in [4.69, 9.17) is 0 Å². The van der Waals surface area contributed by atoms with Gasteiger partial charge in [0.1, 0.15) is 0 Å². The van der Waals surface area contributed by atoms with Crippen molar-refractivity contribution in [3.8, 4) is 0 Å². The molecule has 0 saturated heterocycles. The minimum absolute atomic E-state index is 0.103. The smallest absolute Gasteiger partial charge is 0.254 e. The predicted molar refractivity (Wildman–Crippen MR) is 108 cm³/mol. The molecule has 0 bridgehead atoms. The quantitative estimate of drug-likeness (QED) is 0.784. The Morgan fingerprint density at radius 1 is 1.00 bits per heavy atom. The maximum atomic E-state index is 12.9. The SMILES string of the molecule is CCCN(Cc1ccccc1)C(=O)c1ccc(S(=O)(=O)NC(C)(C)C)cc1. The minimum atomic E-state index is -3.61. The Morgan fingerprint density at radius 2 is 1.59 bits per heavy atom. The highest BCUT2D eigenvalue weighted by Crippen LogP contribution is 2.16. The zero-order chi connectivity index (χ0) is 20.1. The predicted octanol–water partition coefficient (Wildman–Crippen LogP) is 3.82. The van der Waals surface area contributed by atoms with Crippen molar-refractivity contribution in [2.75, 3.05) is 6.54 Å². The first-order chi connectivity index (χ1) is 12.6. The molecular weight excluding hydrogens is 360 g/mol. The van der Waals surface area contributed by atoms with Crippen LogP contribution in [-0.4, -0.2) is 31.3 Å². The van der Waals surface area contributed by atoms with Gasteiger partial charge in [0.25, 0.3) is 5.91 Å². The highest BCUT2D eigenvalue weighted by atomic mass is 32.2. The number of carbonyl (C=O) groups excluding carboxylic acids is 1. The van der Waals surface area contributed by atoms with Crippen molar-refractivity contribution in [3.05, 3.63) is 65.7 Å². The Bertz CT molecular complexity index is 855. The van der Waals surface area contributed by atoms with E-state index in [1.54, 1.807) is 37.8 Å².